The highest BCUT2D eigenvalue weighted by atomic mass is 19.4. The molecule has 10 heteroatoms. The number of halogens is 3. The molecule has 0 spiro atoms. The summed E-state index contributed by atoms with van der Waals surface area (Å²) >= 11 is 0. The number of fused-ring (bicyclic) bond motifs is 1. The minimum absolute atomic E-state index is 0.0725. The quantitative estimate of drug-likeness (QED) is 0.395. The van der Waals surface area contributed by atoms with Gasteiger partial charge in [0.25, 0.3) is 5.56 Å². The first-order valence-corrected chi connectivity index (χ1v) is 10.6. The second-order valence-corrected chi connectivity index (χ2v) is 8.05. The molecule has 0 atom stereocenters. The van der Waals surface area contributed by atoms with E-state index in [4.69, 9.17) is 4.74 Å². The first-order chi connectivity index (χ1) is 16.3. The molecule has 34 heavy (non-hydrogen) atoms. The lowest BCUT2D eigenvalue weighted by atomic mass is 10.0. The molecule has 2 aromatic heterocycles. The first-order valence-electron chi connectivity index (χ1n) is 10.6. The molecule has 174 valence electrons. The Labute approximate surface area is 191 Å². The Morgan fingerprint density at radius 3 is 2.53 bits per heavy atom. The van der Waals surface area contributed by atoms with Crippen LogP contribution in [-0.4, -0.2) is 32.7 Å². The molecule has 0 aliphatic heterocycles. The number of hydrogen-bond acceptors (Lipinski definition) is 6. The van der Waals surface area contributed by atoms with Crippen LogP contribution < -0.4 is 15.0 Å². The Kier molecular flexibility index (Phi) is 5.64. The summed E-state index contributed by atoms with van der Waals surface area (Å²) < 4.78 is 48.0. The van der Waals surface area contributed by atoms with Gasteiger partial charge in [-0.2, -0.15) is 10.1 Å². The van der Waals surface area contributed by atoms with Crippen molar-refractivity contribution in [3.63, 3.8) is 0 Å². The van der Waals surface area contributed by atoms with Crippen molar-refractivity contribution < 1.29 is 22.6 Å². The molecular weight excluding hydrogens is 449 g/mol. The van der Waals surface area contributed by atoms with Crippen molar-refractivity contribution in [2.75, 3.05) is 6.61 Å². The van der Waals surface area contributed by atoms with Gasteiger partial charge in [0.05, 0.1) is 18.2 Å². The molecule has 0 N–H and O–H groups in total. The fraction of sp³-hybridized carbons (Fsp3) is 0.250. The molecule has 1 saturated carbocycles. The highest BCUT2D eigenvalue weighted by molar-refractivity contribution is 5.86. The molecule has 5 rings (SSSR count). The predicted molar refractivity (Wildman–Crippen MR) is 117 cm³/mol. The fourth-order valence-corrected chi connectivity index (χ4v) is 3.48. The summed E-state index contributed by atoms with van der Waals surface area (Å²) in [4.78, 5) is 21.7. The van der Waals surface area contributed by atoms with Gasteiger partial charge < -0.3 is 9.47 Å². The molecule has 0 amide bonds. The SMILES string of the molecule is O=c1c2cc(-c3ccc(OC(F)(F)F)cc3)ccc2cnn1Cc1nccc(OCC2CC2)n1. The Hall–Kier alpha value is -3.95. The van der Waals surface area contributed by atoms with Gasteiger partial charge in [-0.3, -0.25) is 4.79 Å². The maximum atomic E-state index is 13.1. The molecule has 0 radical (unpaired) electrons. The van der Waals surface area contributed by atoms with E-state index in [9.17, 15) is 18.0 Å². The van der Waals surface area contributed by atoms with Gasteiger partial charge in [0.15, 0.2) is 5.82 Å². The first kappa shape index (κ1) is 21.9. The van der Waals surface area contributed by atoms with Crippen LogP contribution in [0.4, 0.5) is 13.2 Å². The lowest BCUT2D eigenvalue weighted by Gasteiger charge is -2.10. The molecule has 0 saturated heterocycles. The summed E-state index contributed by atoms with van der Waals surface area (Å²) in [5, 5.41) is 5.29. The zero-order valence-electron chi connectivity index (χ0n) is 17.8. The third kappa shape index (κ3) is 5.16. The van der Waals surface area contributed by atoms with Crippen molar-refractivity contribution in [3.8, 4) is 22.8 Å². The number of aromatic nitrogens is 4. The van der Waals surface area contributed by atoms with Crippen LogP contribution >= 0.6 is 0 Å². The van der Waals surface area contributed by atoms with Gasteiger partial charge in [0, 0.05) is 17.6 Å². The minimum Gasteiger partial charge on any atom is -0.477 e. The molecular formula is C24H19F3N4O3. The van der Waals surface area contributed by atoms with Crippen molar-refractivity contribution >= 4 is 10.8 Å². The average Bonchev–Trinajstić information content (AvgIpc) is 3.64. The second kappa shape index (κ2) is 8.77. The Morgan fingerprint density at radius 1 is 1.03 bits per heavy atom. The van der Waals surface area contributed by atoms with E-state index in [-0.39, 0.29) is 17.9 Å². The zero-order valence-corrected chi connectivity index (χ0v) is 17.8. The minimum atomic E-state index is -4.75. The van der Waals surface area contributed by atoms with Gasteiger partial charge in [0.2, 0.25) is 5.88 Å². The van der Waals surface area contributed by atoms with Crippen molar-refractivity contribution in [2.24, 2.45) is 5.92 Å². The predicted octanol–water partition coefficient (Wildman–Crippen LogP) is 4.59. The van der Waals surface area contributed by atoms with Crippen molar-refractivity contribution in [3.05, 3.63) is 77.1 Å². The molecule has 2 heterocycles. The molecule has 4 aromatic rings. The molecule has 1 fully saturated rings. The number of benzene rings is 2. The molecule has 1 aliphatic rings. The Bertz CT molecular complexity index is 1380. The number of hydrogen-bond donors (Lipinski definition) is 0. The third-order valence-electron chi connectivity index (χ3n) is 5.41. The van der Waals surface area contributed by atoms with Crippen molar-refractivity contribution in [1.29, 1.82) is 0 Å². The van der Waals surface area contributed by atoms with Crippen LogP contribution in [0.2, 0.25) is 0 Å². The summed E-state index contributed by atoms with van der Waals surface area (Å²) in [6, 6.07) is 12.3. The average molecular weight is 468 g/mol. The maximum Gasteiger partial charge on any atom is 0.573 e. The summed E-state index contributed by atoms with van der Waals surface area (Å²) in [6.07, 6.45) is 0.744. The molecule has 7 nitrogen and oxygen atoms in total. The molecule has 0 bridgehead atoms. The van der Waals surface area contributed by atoms with Crippen molar-refractivity contribution in [1.82, 2.24) is 19.7 Å². The van der Waals surface area contributed by atoms with Gasteiger partial charge in [-0.1, -0.05) is 24.3 Å². The fourth-order valence-electron chi connectivity index (χ4n) is 3.48. The third-order valence-corrected chi connectivity index (χ3v) is 5.41. The maximum absolute atomic E-state index is 13.1. The Balaban J connectivity index is 1.39. The van der Waals surface area contributed by atoms with Crippen LogP contribution in [0.5, 0.6) is 11.6 Å². The monoisotopic (exact) mass is 468 g/mol. The Morgan fingerprint density at radius 2 is 1.79 bits per heavy atom. The molecule has 2 aromatic carbocycles. The highest BCUT2D eigenvalue weighted by Crippen LogP contribution is 2.29. The van der Waals surface area contributed by atoms with Crippen LogP contribution in [0.1, 0.15) is 18.7 Å². The number of rotatable bonds is 7. The molecule has 0 unspecified atom stereocenters. The normalized spacial score (nSPS) is 13.7. The van der Waals surface area contributed by atoms with E-state index in [0.717, 1.165) is 0 Å². The van der Waals surface area contributed by atoms with Gasteiger partial charge >= 0.3 is 6.36 Å². The zero-order chi connectivity index (χ0) is 23.7. The van der Waals surface area contributed by atoms with E-state index in [1.165, 1.54) is 41.8 Å². The number of alkyl halides is 3. The smallest absolute Gasteiger partial charge is 0.477 e. The van der Waals surface area contributed by atoms with Crippen molar-refractivity contribution in [2.45, 2.75) is 25.7 Å². The van der Waals surface area contributed by atoms with Crippen LogP contribution in [0, 0.1) is 5.92 Å². The van der Waals surface area contributed by atoms with Gasteiger partial charge in [-0.05, 0) is 48.1 Å². The lowest BCUT2D eigenvalue weighted by Crippen LogP contribution is -2.24. The van der Waals surface area contributed by atoms with E-state index in [0.29, 0.717) is 46.1 Å². The van der Waals surface area contributed by atoms with E-state index in [1.54, 1.807) is 36.7 Å². The largest absolute Gasteiger partial charge is 0.573 e. The van der Waals surface area contributed by atoms with E-state index in [2.05, 4.69) is 19.8 Å². The number of nitrogens with zero attached hydrogens (tertiary/aromatic N) is 4. The van der Waals surface area contributed by atoms with Crippen LogP contribution in [0.3, 0.4) is 0 Å². The second-order valence-electron chi connectivity index (χ2n) is 8.05. The van der Waals surface area contributed by atoms with Crippen LogP contribution in [-0.2, 0) is 6.54 Å². The summed E-state index contributed by atoms with van der Waals surface area (Å²) in [6.45, 7) is 0.694. The van der Waals surface area contributed by atoms with Gasteiger partial charge in [0.1, 0.15) is 12.3 Å². The number of ether oxygens (including phenoxy) is 2. The van der Waals surface area contributed by atoms with E-state index in [1.807, 2.05) is 0 Å². The van der Waals surface area contributed by atoms with E-state index < -0.39 is 6.36 Å². The van der Waals surface area contributed by atoms with Crippen LogP contribution in [0.25, 0.3) is 21.9 Å². The summed E-state index contributed by atoms with van der Waals surface area (Å²) in [5.41, 5.74) is 0.986. The van der Waals surface area contributed by atoms with Gasteiger partial charge in [-0.25, -0.2) is 9.67 Å². The summed E-state index contributed by atoms with van der Waals surface area (Å²) in [5.74, 6) is 1.14. The topological polar surface area (TPSA) is 79.1 Å². The van der Waals surface area contributed by atoms with Crippen LogP contribution in [0.15, 0.2) is 65.7 Å². The lowest BCUT2D eigenvalue weighted by molar-refractivity contribution is -0.274. The molecule has 1 aliphatic carbocycles. The standard InChI is InChI=1S/C24H19F3N4O3/c25-24(26,27)34-19-7-5-16(6-8-19)17-3-4-18-12-29-31(23(32)20(18)11-17)13-21-28-10-9-22(30-21)33-14-15-1-2-15/h3-12,15H,1-2,13-14H2. The van der Waals surface area contributed by atoms with Gasteiger partial charge in [-0.15, -0.1) is 13.2 Å². The van der Waals surface area contributed by atoms with E-state index >= 15 is 0 Å². The highest BCUT2D eigenvalue weighted by Gasteiger charge is 2.31. The summed E-state index contributed by atoms with van der Waals surface area (Å²) in [7, 11) is 0.